The van der Waals surface area contributed by atoms with Crippen LogP contribution in [-0.4, -0.2) is 43.8 Å². The van der Waals surface area contributed by atoms with Crippen LogP contribution in [0.25, 0.3) is 0 Å². The van der Waals surface area contributed by atoms with Gasteiger partial charge in [0.05, 0.1) is 20.6 Å². The number of anilines is 1. The van der Waals surface area contributed by atoms with Crippen molar-refractivity contribution in [3.8, 4) is 0 Å². The normalized spacial score (nSPS) is 14.2. The van der Waals surface area contributed by atoms with E-state index in [0.717, 1.165) is 58.7 Å². The fourth-order valence-corrected chi connectivity index (χ4v) is 7.90. The van der Waals surface area contributed by atoms with Crippen molar-refractivity contribution < 1.29 is 18.0 Å². The Balaban J connectivity index is 1.58. The van der Waals surface area contributed by atoms with E-state index in [1.807, 2.05) is 68.4 Å². The number of hydrogen-bond donors (Lipinski definition) is 1. The van der Waals surface area contributed by atoms with Crippen molar-refractivity contribution in [3.63, 3.8) is 0 Å². The van der Waals surface area contributed by atoms with Crippen LogP contribution in [0.2, 0.25) is 10.0 Å². The molecule has 7 nitrogen and oxygen atoms in total. The van der Waals surface area contributed by atoms with E-state index < -0.39 is 28.5 Å². The van der Waals surface area contributed by atoms with Crippen LogP contribution in [-0.2, 0) is 32.6 Å². The summed E-state index contributed by atoms with van der Waals surface area (Å²) in [7, 11) is -4.30. The zero-order valence-corrected chi connectivity index (χ0v) is 29.6. The molecule has 0 bridgehead atoms. The number of nitrogens with zero attached hydrogens (tertiary/aromatic N) is 2. The van der Waals surface area contributed by atoms with Crippen molar-refractivity contribution in [3.05, 3.63) is 129 Å². The Hall–Kier alpha value is -3.85. The molecule has 1 fully saturated rings. The van der Waals surface area contributed by atoms with E-state index in [0.29, 0.717) is 0 Å². The number of halogens is 2. The monoisotopic (exact) mass is 705 g/mol. The first-order chi connectivity index (χ1) is 23.0. The molecule has 4 aromatic carbocycles. The first kappa shape index (κ1) is 35.5. The van der Waals surface area contributed by atoms with Crippen molar-refractivity contribution in [2.45, 2.75) is 75.9 Å². The largest absolute Gasteiger partial charge is 0.352 e. The Labute approximate surface area is 293 Å². The smallest absolute Gasteiger partial charge is 0.264 e. The molecule has 4 aromatic rings. The average molecular weight is 707 g/mol. The number of benzene rings is 4. The standard InChI is InChI=1S/C38H41Cl2N3O4S/c1-27-16-20-30(21-17-27)25-42(35(24-29-10-5-3-6-11-29)38(45)41-31-12-7-4-8-13-31)36(44)26-43(34-15-9-14-33(39)37(34)40)48(46,47)32-22-18-28(2)19-23-32/h3,5-6,9-11,14-23,31,35H,4,7-8,12-13,24-26H2,1-2H3,(H,41,45)/t35-/m0/s1. The molecule has 0 aliphatic heterocycles. The fourth-order valence-electron chi connectivity index (χ4n) is 6.02. The average Bonchev–Trinajstić information content (AvgIpc) is 3.08. The molecule has 1 atom stereocenters. The lowest BCUT2D eigenvalue weighted by molar-refractivity contribution is -0.140. The van der Waals surface area contributed by atoms with E-state index in [9.17, 15) is 18.0 Å². The Morgan fingerprint density at radius 3 is 2.06 bits per heavy atom. The minimum atomic E-state index is -4.30. The Morgan fingerprint density at radius 2 is 1.42 bits per heavy atom. The maximum atomic E-state index is 14.7. The summed E-state index contributed by atoms with van der Waals surface area (Å²) in [4.78, 5) is 30.5. The molecule has 1 aliphatic rings. The van der Waals surface area contributed by atoms with Crippen molar-refractivity contribution in [1.82, 2.24) is 10.2 Å². The molecule has 10 heteroatoms. The van der Waals surface area contributed by atoms with Crippen LogP contribution in [0.15, 0.2) is 102 Å². The zero-order chi connectivity index (χ0) is 34.3. The SMILES string of the molecule is Cc1ccc(CN(C(=O)CN(c2cccc(Cl)c2Cl)S(=O)(=O)c2ccc(C)cc2)[C@@H](Cc2ccccc2)C(=O)NC2CCCCC2)cc1. The summed E-state index contributed by atoms with van der Waals surface area (Å²) in [6.07, 6.45) is 5.21. The van der Waals surface area contributed by atoms with Crippen LogP contribution >= 0.6 is 23.2 Å². The van der Waals surface area contributed by atoms with Gasteiger partial charge in [0.15, 0.2) is 0 Å². The summed E-state index contributed by atoms with van der Waals surface area (Å²) in [5.74, 6) is -0.818. The number of nitrogens with one attached hydrogen (secondary N) is 1. The molecule has 2 amide bonds. The fraction of sp³-hybridized carbons (Fsp3) is 0.316. The van der Waals surface area contributed by atoms with Crippen LogP contribution in [0.3, 0.4) is 0 Å². The number of carbonyl (C=O) groups is 2. The second-order valence-corrected chi connectivity index (χ2v) is 15.1. The van der Waals surface area contributed by atoms with Gasteiger partial charge in [-0.25, -0.2) is 8.42 Å². The van der Waals surface area contributed by atoms with E-state index in [1.165, 1.54) is 23.1 Å². The molecular weight excluding hydrogens is 665 g/mol. The van der Waals surface area contributed by atoms with Crippen molar-refractivity contribution in [2.75, 3.05) is 10.8 Å². The quantitative estimate of drug-likeness (QED) is 0.162. The third-order valence-electron chi connectivity index (χ3n) is 8.78. The molecular formula is C38H41Cl2N3O4S. The van der Waals surface area contributed by atoms with Crippen molar-refractivity contribution in [2.24, 2.45) is 0 Å². The number of hydrogen-bond acceptors (Lipinski definition) is 4. The molecule has 0 unspecified atom stereocenters. The van der Waals surface area contributed by atoms with E-state index in [-0.39, 0.29) is 45.5 Å². The highest BCUT2D eigenvalue weighted by molar-refractivity contribution is 7.92. The van der Waals surface area contributed by atoms with Gasteiger partial charge in [-0.15, -0.1) is 0 Å². The lowest BCUT2D eigenvalue weighted by Gasteiger charge is -2.35. The highest BCUT2D eigenvalue weighted by atomic mass is 35.5. The summed E-state index contributed by atoms with van der Waals surface area (Å²) in [6, 6.07) is 27.5. The molecule has 1 N–H and O–H groups in total. The molecule has 48 heavy (non-hydrogen) atoms. The van der Waals surface area contributed by atoms with Gasteiger partial charge in [-0.3, -0.25) is 13.9 Å². The molecule has 0 saturated heterocycles. The van der Waals surface area contributed by atoms with E-state index in [4.69, 9.17) is 23.2 Å². The number of carbonyl (C=O) groups excluding carboxylic acids is 2. The van der Waals surface area contributed by atoms with Gasteiger partial charge in [0.2, 0.25) is 11.8 Å². The summed E-state index contributed by atoms with van der Waals surface area (Å²) in [5, 5.41) is 3.38. The van der Waals surface area contributed by atoms with Gasteiger partial charge in [-0.2, -0.15) is 0 Å². The van der Waals surface area contributed by atoms with Gasteiger partial charge >= 0.3 is 0 Å². The molecule has 5 rings (SSSR count). The maximum absolute atomic E-state index is 14.7. The second kappa shape index (κ2) is 16.0. The summed E-state index contributed by atoms with van der Waals surface area (Å²) in [5.41, 5.74) is 3.70. The van der Waals surface area contributed by atoms with Gasteiger partial charge in [-0.05, 0) is 62.1 Å². The number of aryl methyl sites for hydroxylation is 2. The summed E-state index contributed by atoms with van der Waals surface area (Å²) >= 11 is 13.0. The molecule has 1 saturated carbocycles. The van der Waals surface area contributed by atoms with Gasteiger partial charge in [0.25, 0.3) is 10.0 Å². The Bertz CT molecular complexity index is 1810. The number of sulfonamides is 1. The lowest BCUT2D eigenvalue weighted by atomic mass is 9.94. The predicted octanol–water partition coefficient (Wildman–Crippen LogP) is 7.89. The van der Waals surface area contributed by atoms with Crippen LogP contribution < -0.4 is 9.62 Å². The van der Waals surface area contributed by atoms with E-state index in [1.54, 1.807) is 24.3 Å². The van der Waals surface area contributed by atoms with Crippen molar-refractivity contribution >= 4 is 50.7 Å². The number of amides is 2. The minimum Gasteiger partial charge on any atom is -0.352 e. The highest BCUT2D eigenvalue weighted by Gasteiger charge is 2.36. The molecule has 252 valence electrons. The number of rotatable bonds is 12. The Morgan fingerprint density at radius 1 is 0.792 bits per heavy atom. The highest BCUT2D eigenvalue weighted by Crippen LogP contribution is 2.36. The van der Waals surface area contributed by atoms with Crippen LogP contribution in [0, 0.1) is 13.8 Å². The van der Waals surface area contributed by atoms with Crippen LogP contribution in [0.4, 0.5) is 5.69 Å². The second-order valence-electron chi connectivity index (χ2n) is 12.5. The summed E-state index contributed by atoms with van der Waals surface area (Å²) < 4.78 is 29.6. The maximum Gasteiger partial charge on any atom is 0.264 e. The van der Waals surface area contributed by atoms with Gasteiger partial charge in [-0.1, -0.05) is 126 Å². The topological polar surface area (TPSA) is 86.8 Å². The molecule has 0 heterocycles. The van der Waals surface area contributed by atoms with E-state index in [2.05, 4.69) is 5.32 Å². The minimum absolute atomic E-state index is 0.00194. The van der Waals surface area contributed by atoms with Crippen LogP contribution in [0.1, 0.15) is 54.4 Å². The van der Waals surface area contributed by atoms with Gasteiger partial charge in [0.1, 0.15) is 12.6 Å². The molecule has 0 radical (unpaired) electrons. The third kappa shape index (κ3) is 8.78. The molecule has 0 spiro atoms. The summed E-state index contributed by atoms with van der Waals surface area (Å²) in [6.45, 7) is 3.32. The van der Waals surface area contributed by atoms with E-state index >= 15 is 0 Å². The lowest BCUT2D eigenvalue weighted by Crippen LogP contribution is -2.55. The zero-order valence-electron chi connectivity index (χ0n) is 27.2. The molecule has 1 aliphatic carbocycles. The molecule has 0 aromatic heterocycles. The first-order valence-electron chi connectivity index (χ1n) is 16.3. The van der Waals surface area contributed by atoms with Crippen LogP contribution in [0.5, 0.6) is 0 Å². The van der Waals surface area contributed by atoms with Gasteiger partial charge in [0, 0.05) is 19.0 Å². The predicted molar refractivity (Wildman–Crippen MR) is 193 cm³/mol. The first-order valence-corrected chi connectivity index (χ1v) is 18.5. The van der Waals surface area contributed by atoms with Gasteiger partial charge < -0.3 is 10.2 Å². The third-order valence-corrected chi connectivity index (χ3v) is 11.4. The Kier molecular flexibility index (Phi) is 11.8. The van der Waals surface area contributed by atoms with Crippen molar-refractivity contribution in [1.29, 1.82) is 0 Å².